The third-order valence-electron chi connectivity index (χ3n) is 3.48. The molecule has 2 N–H and O–H groups in total. The molecule has 0 radical (unpaired) electrons. The van der Waals surface area contributed by atoms with Crippen LogP contribution < -0.4 is 10.6 Å². The summed E-state index contributed by atoms with van der Waals surface area (Å²) in [6.07, 6.45) is 1.66. The second-order valence-electron chi connectivity index (χ2n) is 5.88. The van der Waals surface area contributed by atoms with Crippen LogP contribution in [0, 0.1) is 0 Å². The van der Waals surface area contributed by atoms with Gasteiger partial charge in [-0.05, 0) is 35.3 Å². The minimum Gasteiger partial charge on any atom is -0.322 e. The van der Waals surface area contributed by atoms with Crippen molar-refractivity contribution in [2.75, 3.05) is 5.32 Å². The SMILES string of the molecule is CC(=O)N/C(=C\c1ccccc1)C(=O)Nc1cccc(C(C)C)c1. The molecule has 2 rings (SSSR count). The first-order chi connectivity index (χ1) is 11.5. The fourth-order valence-electron chi connectivity index (χ4n) is 2.24. The Labute approximate surface area is 142 Å². The van der Waals surface area contributed by atoms with Gasteiger partial charge in [0.15, 0.2) is 0 Å². The molecule has 0 unspecified atom stereocenters. The van der Waals surface area contributed by atoms with Crippen molar-refractivity contribution in [1.82, 2.24) is 5.32 Å². The summed E-state index contributed by atoms with van der Waals surface area (Å²) in [6, 6.07) is 17.1. The number of hydrogen-bond acceptors (Lipinski definition) is 2. The first-order valence-corrected chi connectivity index (χ1v) is 7.91. The van der Waals surface area contributed by atoms with Crippen molar-refractivity contribution in [3.8, 4) is 0 Å². The van der Waals surface area contributed by atoms with E-state index in [0.717, 1.165) is 11.1 Å². The summed E-state index contributed by atoms with van der Waals surface area (Å²) in [7, 11) is 0. The van der Waals surface area contributed by atoms with E-state index in [1.807, 2.05) is 54.6 Å². The van der Waals surface area contributed by atoms with E-state index in [9.17, 15) is 9.59 Å². The van der Waals surface area contributed by atoms with E-state index >= 15 is 0 Å². The lowest BCUT2D eigenvalue weighted by Crippen LogP contribution is -2.29. The summed E-state index contributed by atoms with van der Waals surface area (Å²) >= 11 is 0. The van der Waals surface area contributed by atoms with Crippen LogP contribution >= 0.6 is 0 Å². The molecule has 0 bridgehead atoms. The van der Waals surface area contributed by atoms with Crippen molar-refractivity contribution in [3.05, 3.63) is 71.4 Å². The summed E-state index contributed by atoms with van der Waals surface area (Å²) in [4.78, 5) is 24.0. The Kier molecular flexibility index (Phi) is 5.90. The molecule has 0 saturated carbocycles. The van der Waals surface area contributed by atoms with Gasteiger partial charge in [0.05, 0.1) is 0 Å². The van der Waals surface area contributed by atoms with Crippen molar-refractivity contribution in [3.63, 3.8) is 0 Å². The van der Waals surface area contributed by atoms with Gasteiger partial charge in [0.2, 0.25) is 5.91 Å². The van der Waals surface area contributed by atoms with Crippen molar-refractivity contribution < 1.29 is 9.59 Å². The highest BCUT2D eigenvalue weighted by atomic mass is 16.2. The van der Waals surface area contributed by atoms with E-state index in [0.29, 0.717) is 11.6 Å². The largest absolute Gasteiger partial charge is 0.322 e. The Morgan fingerprint density at radius 1 is 1.00 bits per heavy atom. The first-order valence-electron chi connectivity index (χ1n) is 7.91. The van der Waals surface area contributed by atoms with Gasteiger partial charge in [-0.1, -0.05) is 56.3 Å². The van der Waals surface area contributed by atoms with Crippen LogP contribution in [-0.2, 0) is 9.59 Å². The number of rotatable bonds is 5. The van der Waals surface area contributed by atoms with E-state index in [1.54, 1.807) is 6.08 Å². The molecule has 0 atom stereocenters. The van der Waals surface area contributed by atoms with Gasteiger partial charge < -0.3 is 10.6 Å². The van der Waals surface area contributed by atoms with Crippen LogP contribution in [0.1, 0.15) is 37.8 Å². The Hall–Kier alpha value is -2.88. The van der Waals surface area contributed by atoms with E-state index in [4.69, 9.17) is 0 Å². The predicted molar refractivity (Wildman–Crippen MR) is 97.4 cm³/mol. The van der Waals surface area contributed by atoms with Gasteiger partial charge in [0, 0.05) is 12.6 Å². The van der Waals surface area contributed by atoms with Crippen LogP contribution in [0.25, 0.3) is 6.08 Å². The van der Waals surface area contributed by atoms with E-state index in [1.165, 1.54) is 6.92 Å². The smallest absolute Gasteiger partial charge is 0.272 e. The maximum absolute atomic E-state index is 12.5. The Balaban J connectivity index is 2.23. The van der Waals surface area contributed by atoms with Gasteiger partial charge in [0.25, 0.3) is 5.91 Å². The number of benzene rings is 2. The number of carbonyl (C=O) groups excluding carboxylic acids is 2. The molecule has 124 valence electrons. The molecule has 2 aromatic rings. The van der Waals surface area contributed by atoms with Gasteiger partial charge in [-0.25, -0.2) is 0 Å². The number of nitrogens with one attached hydrogen (secondary N) is 2. The lowest BCUT2D eigenvalue weighted by atomic mass is 10.0. The van der Waals surface area contributed by atoms with Crippen LogP contribution in [0.2, 0.25) is 0 Å². The highest BCUT2D eigenvalue weighted by molar-refractivity contribution is 6.08. The van der Waals surface area contributed by atoms with E-state index < -0.39 is 0 Å². The summed E-state index contributed by atoms with van der Waals surface area (Å²) in [5.41, 5.74) is 2.90. The monoisotopic (exact) mass is 322 g/mol. The highest BCUT2D eigenvalue weighted by Gasteiger charge is 2.12. The predicted octanol–water partition coefficient (Wildman–Crippen LogP) is 3.93. The van der Waals surface area contributed by atoms with Gasteiger partial charge in [-0.2, -0.15) is 0 Å². The number of hydrogen-bond donors (Lipinski definition) is 2. The van der Waals surface area contributed by atoms with Crippen molar-refractivity contribution >= 4 is 23.6 Å². The van der Waals surface area contributed by atoms with Crippen LogP contribution in [-0.4, -0.2) is 11.8 Å². The quantitative estimate of drug-likeness (QED) is 0.820. The molecule has 0 saturated heterocycles. The average Bonchev–Trinajstić information content (AvgIpc) is 2.55. The Morgan fingerprint density at radius 3 is 2.33 bits per heavy atom. The molecule has 0 aliphatic rings. The molecular formula is C20H22N2O2. The standard InChI is InChI=1S/C20H22N2O2/c1-14(2)17-10-7-11-18(13-17)22-20(24)19(21-15(3)23)12-16-8-5-4-6-9-16/h4-14H,1-3H3,(H,21,23)(H,22,24)/b19-12-. The summed E-state index contributed by atoms with van der Waals surface area (Å²) in [5, 5.41) is 5.44. The van der Waals surface area contributed by atoms with Crippen LogP contribution in [0.4, 0.5) is 5.69 Å². The second kappa shape index (κ2) is 8.11. The van der Waals surface area contributed by atoms with Crippen molar-refractivity contribution in [2.45, 2.75) is 26.7 Å². The number of amides is 2. The molecule has 0 aliphatic heterocycles. The van der Waals surface area contributed by atoms with Gasteiger partial charge >= 0.3 is 0 Å². The lowest BCUT2D eigenvalue weighted by molar-refractivity contribution is -0.120. The molecular weight excluding hydrogens is 300 g/mol. The molecule has 24 heavy (non-hydrogen) atoms. The zero-order chi connectivity index (χ0) is 17.5. The molecule has 2 aromatic carbocycles. The van der Waals surface area contributed by atoms with Crippen molar-refractivity contribution in [1.29, 1.82) is 0 Å². The topological polar surface area (TPSA) is 58.2 Å². The Bertz CT molecular complexity index is 749. The summed E-state index contributed by atoms with van der Waals surface area (Å²) in [5.74, 6) is -0.269. The maximum Gasteiger partial charge on any atom is 0.272 e. The van der Waals surface area contributed by atoms with E-state index in [2.05, 4.69) is 24.5 Å². The third-order valence-corrected chi connectivity index (χ3v) is 3.48. The maximum atomic E-state index is 12.5. The molecule has 4 heteroatoms. The molecule has 0 aliphatic carbocycles. The van der Waals surface area contributed by atoms with Gasteiger partial charge in [0.1, 0.15) is 5.70 Å². The Morgan fingerprint density at radius 2 is 1.71 bits per heavy atom. The molecule has 0 spiro atoms. The fourth-order valence-corrected chi connectivity index (χ4v) is 2.24. The molecule has 0 fully saturated rings. The molecule has 2 amide bonds. The van der Waals surface area contributed by atoms with E-state index in [-0.39, 0.29) is 17.5 Å². The van der Waals surface area contributed by atoms with Crippen LogP contribution in [0.5, 0.6) is 0 Å². The fraction of sp³-hybridized carbons (Fsp3) is 0.200. The third kappa shape index (κ3) is 5.09. The average molecular weight is 322 g/mol. The number of anilines is 1. The van der Waals surface area contributed by atoms with Gasteiger partial charge in [-0.15, -0.1) is 0 Å². The lowest BCUT2D eigenvalue weighted by Gasteiger charge is -2.12. The molecule has 4 nitrogen and oxygen atoms in total. The summed E-state index contributed by atoms with van der Waals surface area (Å²) < 4.78 is 0. The first kappa shape index (κ1) is 17.5. The zero-order valence-electron chi connectivity index (χ0n) is 14.2. The minimum atomic E-state index is -0.352. The number of carbonyl (C=O) groups is 2. The normalized spacial score (nSPS) is 11.2. The van der Waals surface area contributed by atoms with Crippen LogP contribution in [0.15, 0.2) is 60.3 Å². The van der Waals surface area contributed by atoms with Gasteiger partial charge in [-0.3, -0.25) is 9.59 Å². The highest BCUT2D eigenvalue weighted by Crippen LogP contribution is 2.19. The molecule has 0 heterocycles. The second-order valence-corrected chi connectivity index (χ2v) is 5.88. The van der Waals surface area contributed by atoms with Crippen LogP contribution in [0.3, 0.4) is 0 Å². The zero-order valence-corrected chi connectivity index (χ0v) is 14.2. The summed E-state index contributed by atoms with van der Waals surface area (Å²) in [6.45, 7) is 5.57. The van der Waals surface area contributed by atoms with Crippen molar-refractivity contribution in [2.24, 2.45) is 0 Å². The minimum absolute atomic E-state index is 0.212. The molecule has 0 aromatic heterocycles.